The minimum atomic E-state index is -4.56. The van der Waals surface area contributed by atoms with Crippen molar-refractivity contribution in [3.05, 3.63) is 35.9 Å². The van der Waals surface area contributed by atoms with E-state index in [1.807, 2.05) is 6.92 Å². The molecule has 1 aliphatic heterocycles. The molecule has 2 aromatic heterocycles. The Labute approximate surface area is 138 Å². The fourth-order valence-electron chi connectivity index (χ4n) is 2.55. The first-order chi connectivity index (χ1) is 11.4. The van der Waals surface area contributed by atoms with Crippen LogP contribution in [0.15, 0.2) is 34.5 Å². The number of halogens is 3. The summed E-state index contributed by atoms with van der Waals surface area (Å²) in [6.45, 7) is 1.74. The Bertz CT molecular complexity index is 955. The SMILES string of the molecule is CC1=Nn2c(Cn3c(C(F)(F)F)nc4ccccc43)nnc2SC1. The van der Waals surface area contributed by atoms with E-state index in [9.17, 15) is 13.2 Å². The Morgan fingerprint density at radius 2 is 2.00 bits per heavy atom. The van der Waals surface area contributed by atoms with Gasteiger partial charge in [-0.15, -0.1) is 10.2 Å². The van der Waals surface area contributed by atoms with Crippen LogP contribution in [0.25, 0.3) is 11.0 Å². The zero-order valence-corrected chi connectivity index (χ0v) is 13.3. The summed E-state index contributed by atoms with van der Waals surface area (Å²) in [5.41, 5.74) is 1.55. The monoisotopic (exact) mass is 352 g/mol. The molecule has 0 radical (unpaired) electrons. The summed E-state index contributed by atoms with van der Waals surface area (Å²) in [6, 6.07) is 6.49. The normalized spacial score (nSPS) is 14.8. The molecule has 0 saturated carbocycles. The van der Waals surface area contributed by atoms with Gasteiger partial charge in [-0.3, -0.25) is 0 Å². The average Bonchev–Trinajstić information content (AvgIpc) is 3.10. The van der Waals surface area contributed by atoms with Crippen LogP contribution in [0.2, 0.25) is 0 Å². The number of thioether (sulfide) groups is 1. The van der Waals surface area contributed by atoms with Crippen molar-refractivity contribution in [2.75, 3.05) is 5.75 Å². The quantitative estimate of drug-likeness (QED) is 0.711. The molecule has 0 amide bonds. The highest BCUT2D eigenvalue weighted by atomic mass is 32.2. The second kappa shape index (κ2) is 5.33. The first-order valence-electron chi connectivity index (χ1n) is 7.07. The highest BCUT2D eigenvalue weighted by Gasteiger charge is 2.38. The predicted octanol–water partition coefficient (Wildman–Crippen LogP) is 3.02. The van der Waals surface area contributed by atoms with Crippen LogP contribution in [0.1, 0.15) is 18.6 Å². The van der Waals surface area contributed by atoms with Gasteiger partial charge in [-0.05, 0) is 19.1 Å². The van der Waals surface area contributed by atoms with Crippen LogP contribution >= 0.6 is 11.8 Å². The van der Waals surface area contributed by atoms with Crippen molar-refractivity contribution in [1.29, 1.82) is 0 Å². The van der Waals surface area contributed by atoms with Crippen LogP contribution < -0.4 is 0 Å². The number of fused-ring (bicyclic) bond motifs is 2. The van der Waals surface area contributed by atoms with Crippen LogP contribution in [-0.4, -0.2) is 35.9 Å². The van der Waals surface area contributed by atoms with Gasteiger partial charge in [0.1, 0.15) is 0 Å². The zero-order valence-electron chi connectivity index (χ0n) is 12.4. The van der Waals surface area contributed by atoms with E-state index in [4.69, 9.17) is 0 Å². The molecular formula is C14H11F3N6S. The van der Waals surface area contributed by atoms with Crippen molar-refractivity contribution in [2.45, 2.75) is 24.8 Å². The van der Waals surface area contributed by atoms with Gasteiger partial charge in [-0.25, -0.2) is 4.98 Å². The molecule has 0 saturated heterocycles. The van der Waals surface area contributed by atoms with Crippen molar-refractivity contribution in [3.63, 3.8) is 0 Å². The molecule has 1 aromatic carbocycles. The summed E-state index contributed by atoms with van der Waals surface area (Å²) in [7, 11) is 0. The maximum Gasteiger partial charge on any atom is 0.449 e. The molecule has 10 heteroatoms. The predicted molar refractivity (Wildman–Crippen MR) is 83.1 cm³/mol. The summed E-state index contributed by atoms with van der Waals surface area (Å²) in [5, 5.41) is 12.9. The molecule has 24 heavy (non-hydrogen) atoms. The summed E-state index contributed by atoms with van der Waals surface area (Å²) in [6.07, 6.45) is -4.56. The number of imidazole rings is 1. The van der Waals surface area contributed by atoms with E-state index in [1.54, 1.807) is 24.3 Å². The topological polar surface area (TPSA) is 60.9 Å². The maximum absolute atomic E-state index is 13.4. The molecule has 0 unspecified atom stereocenters. The number of benzene rings is 1. The molecule has 3 aromatic rings. The molecule has 3 heterocycles. The Hall–Kier alpha value is -2.36. The minimum absolute atomic E-state index is 0.111. The first-order valence-corrected chi connectivity index (χ1v) is 8.06. The molecule has 6 nitrogen and oxygen atoms in total. The highest BCUT2D eigenvalue weighted by Crippen LogP contribution is 2.32. The Kier molecular flexibility index (Phi) is 3.37. The van der Waals surface area contributed by atoms with Gasteiger partial charge in [0.25, 0.3) is 0 Å². The van der Waals surface area contributed by atoms with Crippen molar-refractivity contribution >= 4 is 28.5 Å². The van der Waals surface area contributed by atoms with E-state index >= 15 is 0 Å². The lowest BCUT2D eigenvalue weighted by Crippen LogP contribution is -2.18. The lowest BCUT2D eigenvalue weighted by molar-refractivity contribution is -0.146. The molecule has 0 aliphatic carbocycles. The van der Waals surface area contributed by atoms with E-state index in [-0.39, 0.29) is 12.1 Å². The van der Waals surface area contributed by atoms with Crippen molar-refractivity contribution in [3.8, 4) is 0 Å². The van der Waals surface area contributed by atoms with Crippen molar-refractivity contribution < 1.29 is 13.2 Å². The Morgan fingerprint density at radius 3 is 2.79 bits per heavy atom. The molecule has 0 fully saturated rings. The molecule has 0 spiro atoms. The molecule has 4 rings (SSSR count). The number of para-hydroxylation sites is 2. The lowest BCUT2D eigenvalue weighted by atomic mass is 10.3. The number of aromatic nitrogens is 5. The second-order valence-electron chi connectivity index (χ2n) is 5.34. The van der Waals surface area contributed by atoms with E-state index in [0.717, 1.165) is 10.3 Å². The van der Waals surface area contributed by atoms with Crippen LogP contribution in [0, 0.1) is 0 Å². The van der Waals surface area contributed by atoms with Gasteiger partial charge in [0.15, 0.2) is 5.82 Å². The summed E-state index contributed by atoms with van der Waals surface area (Å²) in [5.74, 6) is 0.0790. The van der Waals surface area contributed by atoms with Gasteiger partial charge in [0, 0.05) is 11.5 Å². The van der Waals surface area contributed by atoms with E-state index in [2.05, 4.69) is 20.3 Å². The fraction of sp³-hybridized carbons (Fsp3) is 0.286. The third kappa shape index (κ3) is 2.46. The zero-order chi connectivity index (χ0) is 16.9. The van der Waals surface area contributed by atoms with Crippen LogP contribution in [0.5, 0.6) is 0 Å². The van der Waals surface area contributed by atoms with Crippen LogP contribution in [0.3, 0.4) is 0 Å². The third-order valence-corrected chi connectivity index (χ3v) is 4.64. The van der Waals surface area contributed by atoms with Crippen molar-refractivity contribution in [1.82, 2.24) is 24.4 Å². The van der Waals surface area contributed by atoms with Crippen LogP contribution in [0.4, 0.5) is 13.2 Å². The molecule has 0 atom stereocenters. The summed E-state index contributed by atoms with van der Waals surface area (Å²) < 4.78 is 42.7. The number of nitrogens with zero attached hydrogens (tertiary/aromatic N) is 6. The van der Waals surface area contributed by atoms with Crippen molar-refractivity contribution in [2.24, 2.45) is 5.10 Å². The Balaban J connectivity index is 1.85. The van der Waals surface area contributed by atoms with Gasteiger partial charge in [-0.1, -0.05) is 23.9 Å². The highest BCUT2D eigenvalue weighted by molar-refractivity contribution is 7.99. The largest absolute Gasteiger partial charge is 0.449 e. The number of hydrogen-bond donors (Lipinski definition) is 0. The number of rotatable bonds is 2. The maximum atomic E-state index is 13.4. The molecule has 124 valence electrons. The molecule has 0 bridgehead atoms. The standard InChI is InChI=1S/C14H11F3N6S/c1-8-7-24-13-20-19-11(23(13)21-8)6-22-10-5-3-2-4-9(10)18-12(22)14(15,16)17/h2-5H,6-7H2,1H3. The molecular weight excluding hydrogens is 341 g/mol. The van der Waals surface area contributed by atoms with Crippen LogP contribution in [-0.2, 0) is 12.7 Å². The average molecular weight is 352 g/mol. The van der Waals surface area contributed by atoms with Gasteiger partial charge < -0.3 is 4.57 Å². The van der Waals surface area contributed by atoms with Gasteiger partial charge in [-0.2, -0.15) is 22.9 Å². The molecule has 0 N–H and O–H groups in total. The smallest absolute Gasteiger partial charge is 0.313 e. The summed E-state index contributed by atoms with van der Waals surface area (Å²) in [4.78, 5) is 3.73. The van der Waals surface area contributed by atoms with Gasteiger partial charge >= 0.3 is 6.18 Å². The van der Waals surface area contributed by atoms with E-state index in [0.29, 0.717) is 22.3 Å². The second-order valence-corrected chi connectivity index (χ2v) is 6.29. The lowest BCUT2D eigenvalue weighted by Gasteiger charge is -2.13. The third-order valence-electron chi connectivity index (χ3n) is 3.57. The van der Waals surface area contributed by atoms with Gasteiger partial charge in [0.2, 0.25) is 11.0 Å². The van der Waals surface area contributed by atoms with E-state index < -0.39 is 12.0 Å². The number of alkyl halides is 3. The minimum Gasteiger partial charge on any atom is -0.313 e. The van der Waals surface area contributed by atoms with E-state index in [1.165, 1.54) is 16.4 Å². The Morgan fingerprint density at radius 1 is 1.21 bits per heavy atom. The first kappa shape index (κ1) is 15.2. The summed E-state index contributed by atoms with van der Waals surface area (Å²) >= 11 is 1.46. The fourth-order valence-corrected chi connectivity index (χ4v) is 3.31. The molecule has 1 aliphatic rings. The number of hydrogen-bond acceptors (Lipinski definition) is 5. The van der Waals surface area contributed by atoms with Gasteiger partial charge in [0.05, 0.1) is 17.6 Å².